The van der Waals surface area contributed by atoms with Crippen LogP contribution in [-0.4, -0.2) is 11.0 Å². The fraction of sp³-hybridized carbons (Fsp3) is 0. The standard InChI is InChI=1S/C13H11ClN2O2/c14-10-3-1-2-4-12(10)16-13(18)9-7-8(17)5-6-11(9)15/h1-7,17H,15H2,(H,16,18). The summed E-state index contributed by atoms with van der Waals surface area (Å²) in [5.74, 6) is -0.440. The highest BCUT2D eigenvalue weighted by Gasteiger charge is 2.12. The van der Waals surface area contributed by atoms with Crippen LogP contribution < -0.4 is 11.1 Å². The molecule has 18 heavy (non-hydrogen) atoms. The van der Waals surface area contributed by atoms with Crippen molar-refractivity contribution in [2.45, 2.75) is 0 Å². The van der Waals surface area contributed by atoms with Crippen molar-refractivity contribution in [1.29, 1.82) is 0 Å². The van der Waals surface area contributed by atoms with Gasteiger partial charge >= 0.3 is 0 Å². The number of anilines is 2. The summed E-state index contributed by atoms with van der Waals surface area (Å²) in [6.07, 6.45) is 0. The predicted molar refractivity (Wildman–Crippen MR) is 71.9 cm³/mol. The van der Waals surface area contributed by atoms with Gasteiger partial charge in [-0.3, -0.25) is 4.79 Å². The van der Waals surface area contributed by atoms with Gasteiger partial charge in [-0.25, -0.2) is 0 Å². The Kier molecular flexibility index (Phi) is 3.39. The summed E-state index contributed by atoms with van der Waals surface area (Å²) in [4.78, 5) is 12.0. The number of carbonyl (C=O) groups excluding carboxylic acids is 1. The van der Waals surface area contributed by atoms with Gasteiger partial charge in [-0.2, -0.15) is 0 Å². The zero-order valence-electron chi connectivity index (χ0n) is 9.35. The third-order valence-electron chi connectivity index (χ3n) is 2.40. The lowest BCUT2D eigenvalue weighted by Gasteiger charge is -2.09. The van der Waals surface area contributed by atoms with E-state index in [4.69, 9.17) is 17.3 Å². The Labute approximate surface area is 109 Å². The largest absolute Gasteiger partial charge is 0.508 e. The Balaban J connectivity index is 2.28. The van der Waals surface area contributed by atoms with Gasteiger partial charge in [0.15, 0.2) is 0 Å². The number of amides is 1. The molecule has 1 amide bonds. The average Bonchev–Trinajstić information content (AvgIpc) is 2.35. The van der Waals surface area contributed by atoms with Crippen LogP contribution >= 0.6 is 11.6 Å². The number of halogens is 1. The number of rotatable bonds is 2. The maximum absolute atomic E-state index is 12.0. The van der Waals surface area contributed by atoms with Gasteiger partial charge in [0.05, 0.1) is 16.3 Å². The summed E-state index contributed by atoms with van der Waals surface area (Å²) in [6, 6.07) is 11.1. The normalized spacial score (nSPS) is 10.1. The number of nitrogen functional groups attached to an aromatic ring is 1. The summed E-state index contributed by atoms with van der Waals surface area (Å²) in [5.41, 5.74) is 6.66. The number of aromatic hydroxyl groups is 1. The number of benzene rings is 2. The minimum atomic E-state index is -0.420. The molecule has 0 aliphatic heterocycles. The molecule has 0 saturated carbocycles. The summed E-state index contributed by atoms with van der Waals surface area (Å²) in [5, 5.41) is 12.4. The fourth-order valence-corrected chi connectivity index (χ4v) is 1.68. The number of para-hydroxylation sites is 1. The van der Waals surface area contributed by atoms with Crippen molar-refractivity contribution < 1.29 is 9.90 Å². The third kappa shape index (κ3) is 2.55. The Morgan fingerprint density at radius 2 is 1.94 bits per heavy atom. The topological polar surface area (TPSA) is 75.3 Å². The molecule has 0 atom stereocenters. The van der Waals surface area contributed by atoms with E-state index in [0.717, 1.165) is 0 Å². The monoisotopic (exact) mass is 262 g/mol. The SMILES string of the molecule is Nc1ccc(O)cc1C(=O)Nc1ccccc1Cl. The van der Waals surface area contributed by atoms with E-state index >= 15 is 0 Å². The molecule has 2 aromatic carbocycles. The van der Waals surface area contributed by atoms with Crippen LogP contribution in [0.4, 0.5) is 11.4 Å². The maximum atomic E-state index is 12.0. The molecule has 0 spiro atoms. The molecule has 2 aromatic rings. The first-order chi connectivity index (χ1) is 8.58. The number of carbonyl (C=O) groups is 1. The van der Waals surface area contributed by atoms with Crippen molar-refractivity contribution in [1.82, 2.24) is 0 Å². The van der Waals surface area contributed by atoms with E-state index in [-0.39, 0.29) is 17.0 Å². The molecule has 0 radical (unpaired) electrons. The van der Waals surface area contributed by atoms with E-state index in [9.17, 15) is 9.90 Å². The van der Waals surface area contributed by atoms with Crippen LogP contribution in [-0.2, 0) is 0 Å². The number of hydrogen-bond donors (Lipinski definition) is 3. The second-order valence-electron chi connectivity index (χ2n) is 3.71. The van der Waals surface area contributed by atoms with Crippen molar-refractivity contribution in [3.05, 3.63) is 53.1 Å². The molecule has 92 valence electrons. The van der Waals surface area contributed by atoms with Gasteiger partial charge in [-0.15, -0.1) is 0 Å². The number of hydrogen-bond acceptors (Lipinski definition) is 3. The molecular weight excluding hydrogens is 252 g/mol. The zero-order valence-corrected chi connectivity index (χ0v) is 10.1. The molecule has 0 bridgehead atoms. The first-order valence-electron chi connectivity index (χ1n) is 5.22. The smallest absolute Gasteiger partial charge is 0.257 e. The van der Waals surface area contributed by atoms with E-state index in [0.29, 0.717) is 10.7 Å². The highest BCUT2D eigenvalue weighted by Crippen LogP contribution is 2.23. The molecule has 0 aliphatic rings. The van der Waals surface area contributed by atoms with E-state index in [1.165, 1.54) is 18.2 Å². The van der Waals surface area contributed by atoms with Gasteiger partial charge < -0.3 is 16.2 Å². The van der Waals surface area contributed by atoms with E-state index in [1.807, 2.05) is 0 Å². The molecule has 0 heterocycles. The van der Waals surface area contributed by atoms with E-state index < -0.39 is 5.91 Å². The minimum absolute atomic E-state index is 0.0199. The highest BCUT2D eigenvalue weighted by molar-refractivity contribution is 6.34. The first-order valence-corrected chi connectivity index (χ1v) is 5.60. The lowest BCUT2D eigenvalue weighted by molar-refractivity contribution is 0.102. The number of nitrogens with two attached hydrogens (primary N) is 1. The van der Waals surface area contributed by atoms with Gasteiger partial charge in [0.2, 0.25) is 0 Å². The van der Waals surface area contributed by atoms with Crippen molar-refractivity contribution in [3.63, 3.8) is 0 Å². The Morgan fingerprint density at radius 1 is 1.22 bits per heavy atom. The minimum Gasteiger partial charge on any atom is -0.508 e. The van der Waals surface area contributed by atoms with Crippen LogP contribution in [0.15, 0.2) is 42.5 Å². The van der Waals surface area contributed by atoms with Gasteiger partial charge in [0.1, 0.15) is 5.75 Å². The summed E-state index contributed by atoms with van der Waals surface area (Å²) >= 11 is 5.93. The van der Waals surface area contributed by atoms with Crippen LogP contribution in [0.5, 0.6) is 5.75 Å². The summed E-state index contributed by atoms with van der Waals surface area (Å²) in [7, 11) is 0. The highest BCUT2D eigenvalue weighted by atomic mass is 35.5. The van der Waals surface area contributed by atoms with Crippen molar-refractivity contribution in [2.75, 3.05) is 11.1 Å². The number of phenols is 1. The average molecular weight is 263 g/mol. The third-order valence-corrected chi connectivity index (χ3v) is 2.73. The molecule has 0 unspecified atom stereocenters. The Bertz CT molecular complexity index is 599. The quantitative estimate of drug-likeness (QED) is 0.575. The molecule has 0 saturated heterocycles. The molecule has 0 aliphatic carbocycles. The fourth-order valence-electron chi connectivity index (χ4n) is 1.49. The molecule has 4 nitrogen and oxygen atoms in total. The lowest BCUT2D eigenvalue weighted by atomic mass is 10.1. The lowest BCUT2D eigenvalue weighted by Crippen LogP contribution is -2.14. The molecule has 0 fully saturated rings. The van der Waals surface area contributed by atoms with Crippen molar-refractivity contribution >= 4 is 28.9 Å². The van der Waals surface area contributed by atoms with Gasteiger partial charge in [-0.1, -0.05) is 23.7 Å². The maximum Gasteiger partial charge on any atom is 0.257 e. The predicted octanol–water partition coefficient (Wildman–Crippen LogP) is 2.88. The molecule has 0 aromatic heterocycles. The summed E-state index contributed by atoms with van der Waals surface area (Å²) < 4.78 is 0. The van der Waals surface area contributed by atoms with Gasteiger partial charge in [0, 0.05) is 5.69 Å². The molecule has 2 rings (SSSR count). The van der Waals surface area contributed by atoms with Crippen LogP contribution in [0.2, 0.25) is 5.02 Å². The van der Waals surface area contributed by atoms with Crippen molar-refractivity contribution in [2.24, 2.45) is 0 Å². The molecule has 4 N–H and O–H groups in total. The van der Waals surface area contributed by atoms with Crippen molar-refractivity contribution in [3.8, 4) is 5.75 Å². The Hall–Kier alpha value is -2.20. The van der Waals surface area contributed by atoms with Gasteiger partial charge in [-0.05, 0) is 30.3 Å². The van der Waals surface area contributed by atoms with Crippen LogP contribution in [0.25, 0.3) is 0 Å². The van der Waals surface area contributed by atoms with Gasteiger partial charge in [0.25, 0.3) is 5.91 Å². The van der Waals surface area contributed by atoms with Crippen LogP contribution in [0, 0.1) is 0 Å². The van der Waals surface area contributed by atoms with E-state index in [2.05, 4.69) is 5.32 Å². The molecule has 5 heteroatoms. The summed E-state index contributed by atoms with van der Waals surface area (Å²) in [6.45, 7) is 0. The molecular formula is C13H11ClN2O2. The number of nitrogens with one attached hydrogen (secondary N) is 1. The second kappa shape index (κ2) is 4.98. The zero-order chi connectivity index (χ0) is 13.1. The number of phenolic OH excluding ortho intramolecular Hbond substituents is 1. The van der Waals surface area contributed by atoms with Crippen LogP contribution in [0.3, 0.4) is 0 Å². The Morgan fingerprint density at radius 3 is 2.67 bits per heavy atom. The van der Waals surface area contributed by atoms with Crippen LogP contribution in [0.1, 0.15) is 10.4 Å². The second-order valence-corrected chi connectivity index (χ2v) is 4.11. The van der Waals surface area contributed by atoms with E-state index in [1.54, 1.807) is 24.3 Å². The first kappa shape index (κ1) is 12.3.